The van der Waals surface area contributed by atoms with E-state index >= 15 is 0 Å². The summed E-state index contributed by atoms with van der Waals surface area (Å²) in [6.45, 7) is 1.70. The molecule has 0 radical (unpaired) electrons. The van der Waals surface area contributed by atoms with Crippen molar-refractivity contribution in [3.05, 3.63) is 22.7 Å². The minimum Gasteiger partial charge on any atom is -0.478 e. The monoisotopic (exact) mass is 286 g/mol. The number of nitrogen functional groups attached to an aromatic ring is 1. The molecule has 0 aliphatic rings. The second-order valence-corrected chi connectivity index (χ2v) is 4.51. The summed E-state index contributed by atoms with van der Waals surface area (Å²) in [5.74, 6) is 0.403. The van der Waals surface area contributed by atoms with Crippen LogP contribution in [-0.4, -0.2) is 31.0 Å². The quantitative estimate of drug-likeness (QED) is 0.864. The summed E-state index contributed by atoms with van der Waals surface area (Å²) in [4.78, 5) is 13.1. The zero-order chi connectivity index (χ0) is 12.3. The van der Waals surface area contributed by atoms with Gasteiger partial charge in [-0.1, -0.05) is 6.07 Å². The first-order valence-electron chi connectivity index (χ1n) is 4.85. The second kappa shape index (κ2) is 5.21. The van der Waals surface area contributed by atoms with Gasteiger partial charge in [0.1, 0.15) is 0 Å². The number of hydrogen-bond acceptors (Lipinski definition) is 3. The number of halogens is 1. The number of nitrogens with zero attached hydrogens (tertiary/aromatic N) is 1. The smallest absolute Gasteiger partial charge is 0.262 e. The molecule has 0 bridgehead atoms. The lowest BCUT2D eigenvalue weighted by atomic mass is 10.3. The molecular formula is C11H15BrN2O2. The fraction of sp³-hybridized carbons (Fsp3) is 0.364. The fourth-order valence-corrected chi connectivity index (χ4v) is 1.72. The van der Waals surface area contributed by atoms with Crippen LogP contribution in [0.1, 0.15) is 6.92 Å². The number of rotatable bonds is 3. The van der Waals surface area contributed by atoms with Crippen LogP contribution in [0.4, 0.5) is 5.69 Å². The predicted octanol–water partition coefficient (Wildman–Crippen LogP) is 1.89. The average Bonchev–Trinajstić information content (AvgIpc) is 2.22. The molecule has 0 fully saturated rings. The summed E-state index contributed by atoms with van der Waals surface area (Å²) in [6.07, 6.45) is -0.559. The van der Waals surface area contributed by atoms with E-state index < -0.39 is 6.10 Å². The Morgan fingerprint density at radius 3 is 2.62 bits per heavy atom. The molecule has 1 atom stereocenters. The molecular weight excluding hydrogens is 272 g/mol. The average molecular weight is 287 g/mol. The molecule has 88 valence electrons. The molecule has 0 aliphatic carbocycles. The van der Waals surface area contributed by atoms with E-state index in [-0.39, 0.29) is 5.91 Å². The van der Waals surface area contributed by atoms with Gasteiger partial charge in [-0.2, -0.15) is 0 Å². The summed E-state index contributed by atoms with van der Waals surface area (Å²) in [7, 11) is 3.37. The van der Waals surface area contributed by atoms with Crippen molar-refractivity contribution in [2.24, 2.45) is 0 Å². The molecule has 0 aromatic heterocycles. The zero-order valence-electron chi connectivity index (χ0n) is 9.53. The van der Waals surface area contributed by atoms with Crippen molar-refractivity contribution in [3.8, 4) is 5.75 Å². The largest absolute Gasteiger partial charge is 0.478 e. The standard InChI is InChI=1S/C11H15BrN2O2/c1-7(11(15)14(2)3)16-10-8(12)5-4-6-9(10)13/h4-7H,13H2,1-3H3. The molecule has 1 aromatic rings. The molecule has 1 amide bonds. The summed E-state index contributed by atoms with van der Waals surface area (Å²) in [5.41, 5.74) is 6.27. The van der Waals surface area contributed by atoms with E-state index in [9.17, 15) is 4.79 Å². The molecule has 5 heteroatoms. The Balaban J connectivity index is 2.85. The minimum absolute atomic E-state index is 0.102. The number of carbonyl (C=O) groups excluding carboxylic acids is 1. The Morgan fingerprint density at radius 1 is 1.50 bits per heavy atom. The Labute approximate surface area is 103 Å². The molecule has 16 heavy (non-hydrogen) atoms. The summed E-state index contributed by atoms with van der Waals surface area (Å²) in [5, 5.41) is 0. The third-order valence-electron chi connectivity index (χ3n) is 2.08. The van der Waals surface area contributed by atoms with Crippen molar-refractivity contribution >= 4 is 27.5 Å². The lowest BCUT2D eigenvalue weighted by Gasteiger charge is -2.19. The van der Waals surface area contributed by atoms with Crippen LogP contribution >= 0.6 is 15.9 Å². The topological polar surface area (TPSA) is 55.6 Å². The third-order valence-corrected chi connectivity index (χ3v) is 2.71. The van der Waals surface area contributed by atoms with Gasteiger partial charge in [-0.3, -0.25) is 4.79 Å². The first kappa shape index (κ1) is 12.8. The lowest BCUT2D eigenvalue weighted by Crippen LogP contribution is -2.35. The Kier molecular flexibility index (Phi) is 4.18. The fourth-order valence-electron chi connectivity index (χ4n) is 1.24. The van der Waals surface area contributed by atoms with Gasteiger partial charge in [0.05, 0.1) is 10.2 Å². The maximum absolute atomic E-state index is 11.6. The van der Waals surface area contributed by atoms with E-state index in [2.05, 4.69) is 15.9 Å². The lowest BCUT2D eigenvalue weighted by molar-refractivity contribution is -0.135. The number of carbonyl (C=O) groups is 1. The van der Waals surface area contributed by atoms with Gasteiger partial charge in [0.15, 0.2) is 11.9 Å². The van der Waals surface area contributed by atoms with Gasteiger partial charge in [-0.25, -0.2) is 0 Å². The van der Waals surface area contributed by atoms with Crippen LogP contribution in [0.3, 0.4) is 0 Å². The van der Waals surface area contributed by atoms with Gasteiger partial charge >= 0.3 is 0 Å². The molecule has 2 N–H and O–H groups in total. The maximum atomic E-state index is 11.6. The number of likely N-dealkylation sites (N-methyl/N-ethyl adjacent to an activating group) is 1. The summed E-state index contributed by atoms with van der Waals surface area (Å²) < 4.78 is 6.28. The van der Waals surface area contributed by atoms with Crippen molar-refractivity contribution in [3.63, 3.8) is 0 Å². The van der Waals surface area contributed by atoms with E-state index in [1.807, 2.05) is 12.1 Å². The van der Waals surface area contributed by atoms with Crippen LogP contribution in [-0.2, 0) is 4.79 Å². The molecule has 4 nitrogen and oxygen atoms in total. The van der Waals surface area contributed by atoms with E-state index in [1.54, 1.807) is 27.1 Å². The van der Waals surface area contributed by atoms with Crippen molar-refractivity contribution in [1.82, 2.24) is 4.90 Å². The van der Waals surface area contributed by atoms with E-state index in [0.717, 1.165) is 4.47 Å². The molecule has 0 aliphatic heterocycles. The summed E-state index contributed by atoms with van der Waals surface area (Å²) in [6, 6.07) is 5.36. The van der Waals surface area contributed by atoms with Crippen LogP contribution in [0.25, 0.3) is 0 Å². The van der Waals surface area contributed by atoms with E-state index in [1.165, 1.54) is 4.90 Å². The van der Waals surface area contributed by atoms with Gasteiger partial charge in [0, 0.05) is 14.1 Å². The minimum atomic E-state index is -0.559. The Morgan fingerprint density at radius 2 is 2.12 bits per heavy atom. The van der Waals surface area contributed by atoms with Gasteiger partial charge < -0.3 is 15.4 Å². The van der Waals surface area contributed by atoms with Gasteiger partial charge in [-0.05, 0) is 35.0 Å². The van der Waals surface area contributed by atoms with Crippen molar-refractivity contribution < 1.29 is 9.53 Å². The molecule has 1 rings (SSSR count). The molecule has 0 heterocycles. The Bertz CT molecular complexity index is 373. The SMILES string of the molecule is CC(Oc1c(N)cccc1Br)C(=O)N(C)C. The number of benzene rings is 1. The first-order chi connectivity index (χ1) is 7.43. The number of nitrogens with two attached hydrogens (primary N) is 1. The highest BCUT2D eigenvalue weighted by Crippen LogP contribution is 2.31. The van der Waals surface area contributed by atoms with Crippen LogP contribution in [0.2, 0.25) is 0 Å². The maximum Gasteiger partial charge on any atom is 0.262 e. The van der Waals surface area contributed by atoms with Gasteiger partial charge in [0.2, 0.25) is 0 Å². The van der Waals surface area contributed by atoms with Crippen LogP contribution < -0.4 is 10.5 Å². The molecule has 0 spiro atoms. The normalized spacial score (nSPS) is 12.0. The highest BCUT2D eigenvalue weighted by Gasteiger charge is 2.18. The highest BCUT2D eigenvalue weighted by atomic mass is 79.9. The predicted molar refractivity (Wildman–Crippen MR) is 67.3 cm³/mol. The van der Waals surface area contributed by atoms with Crippen molar-refractivity contribution in [2.45, 2.75) is 13.0 Å². The Hall–Kier alpha value is -1.23. The molecule has 0 saturated heterocycles. The summed E-state index contributed by atoms with van der Waals surface area (Å²) >= 11 is 3.33. The molecule has 0 saturated carbocycles. The molecule has 1 aromatic carbocycles. The number of ether oxygens (including phenoxy) is 1. The van der Waals surface area contributed by atoms with Crippen LogP contribution in [0.5, 0.6) is 5.75 Å². The highest BCUT2D eigenvalue weighted by molar-refractivity contribution is 9.10. The van der Waals surface area contributed by atoms with E-state index in [4.69, 9.17) is 10.5 Å². The molecule has 1 unspecified atom stereocenters. The van der Waals surface area contributed by atoms with Crippen molar-refractivity contribution in [1.29, 1.82) is 0 Å². The van der Waals surface area contributed by atoms with E-state index in [0.29, 0.717) is 11.4 Å². The third kappa shape index (κ3) is 2.88. The van der Waals surface area contributed by atoms with Crippen LogP contribution in [0, 0.1) is 0 Å². The number of para-hydroxylation sites is 1. The van der Waals surface area contributed by atoms with Gasteiger partial charge in [-0.15, -0.1) is 0 Å². The van der Waals surface area contributed by atoms with Crippen LogP contribution in [0.15, 0.2) is 22.7 Å². The zero-order valence-corrected chi connectivity index (χ0v) is 11.1. The second-order valence-electron chi connectivity index (χ2n) is 3.65. The van der Waals surface area contributed by atoms with Crippen molar-refractivity contribution in [2.75, 3.05) is 19.8 Å². The van der Waals surface area contributed by atoms with Gasteiger partial charge in [0.25, 0.3) is 5.91 Å². The number of amides is 1. The number of hydrogen-bond donors (Lipinski definition) is 1. The first-order valence-corrected chi connectivity index (χ1v) is 5.64. The number of anilines is 1.